The van der Waals surface area contributed by atoms with Crippen LogP contribution in [0.4, 0.5) is 0 Å². The van der Waals surface area contributed by atoms with Gasteiger partial charge in [-0.05, 0) is 26.1 Å². The summed E-state index contributed by atoms with van der Waals surface area (Å²) in [5.74, 6) is -1.39. The number of nitrogens with one attached hydrogen (secondary N) is 2. The second-order valence-corrected chi connectivity index (χ2v) is 3.95. The van der Waals surface area contributed by atoms with Gasteiger partial charge >= 0.3 is 11.8 Å². The van der Waals surface area contributed by atoms with E-state index in [1.807, 2.05) is 0 Å². The average molecular weight is 268 g/mol. The van der Waals surface area contributed by atoms with Crippen LogP contribution in [0, 0.1) is 0 Å². The smallest absolute Gasteiger partial charge is 0.328 e. The largest absolute Gasteiger partial charge is 0.348 e. The lowest BCUT2D eigenvalue weighted by molar-refractivity contribution is -0.136. The van der Waals surface area contributed by atoms with Crippen LogP contribution < -0.4 is 10.7 Å². The number of hydrogen-bond donors (Lipinski definition) is 2. The Balaban J connectivity index is 2.18. The Morgan fingerprint density at radius 1 is 1.16 bits per heavy atom. The van der Waals surface area contributed by atoms with Gasteiger partial charge in [0.25, 0.3) is 0 Å². The zero-order chi connectivity index (χ0) is 14.1. The van der Waals surface area contributed by atoms with Crippen LogP contribution in [0.15, 0.2) is 12.7 Å². The van der Waals surface area contributed by atoms with Crippen molar-refractivity contribution in [3.8, 4) is 0 Å². The summed E-state index contributed by atoms with van der Waals surface area (Å²) in [6.45, 7) is 7.53. The lowest BCUT2D eigenvalue weighted by atomic mass is 10.3. The first-order valence-corrected chi connectivity index (χ1v) is 6.33. The minimum atomic E-state index is -0.734. The summed E-state index contributed by atoms with van der Waals surface area (Å²) in [7, 11) is 0. The normalized spacial score (nSPS) is 10.5. The van der Waals surface area contributed by atoms with Crippen molar-refractivity contribution in [2.75, 3.05) is 31.6 Å². The van der Waals surface area contributed by atoms with Crippen molar-refractivity contribution >= 4 is 11.8 Å². The number of carbonyl (C=O) groups is 2. The van der Waals surface area contributed by atoms with E-state index in [4.69, 9.17) is 0 Å². The molecular weight excluding hydrogens is 248 g/mol. The van der Waals surface area contributed by atoms with E-state index < -0.39 is 11.8 Å². The third-order valence-corrected chi connectivity index (χ3v) is 2.69. The van der Waals surface area contributed by atoms with Crippen molar-refractivity contribution in [3.63, 3.8) is 0 Å². The van der Waals surface area contributed by atoms with E-state index in [0.717, 1.165) is 26.1 Å². The number of rotatable bonds is 7. The Hall–Kier alpha value is -1.96. The average Bonchev–Trinajstić information content (AvgIpc) is 2.91. The monoisotopic (exact) mass is 268 g/mol. The van der Waals surface area contributed by atoms with Crippen LogP contribution in [0.2, 0.25) is 0 Å². The molecule has 0 aromatic carbocycles. The number of hydrogen-bond acceptors (Lipinski definition) is 5. The van der Waals surface area contributed by atoms with Gasteiger partial charge in [-0.1, -0.05) is 13.8 Å². The molecule has 106 valence electrons. The van der Waals surface area contributed by atoms with Crippen molar-refractivity contribution in [3.05, 3.63) is 12.7 Å². The number of aromatic nitrogens is 3. The summed E-state index contributed by atoms with van der Waals surface area (Å²) in [5, 5.41) is 9.59. The van der Waals surface area contributed by atoms with Crippen molar-refractivity contribution in [2.24, 2.45) is 0 Å². The first-order chi connectivity index (χ1) is 9.17. The summed E-state index contributed by atoms with van der Waals surface area (Å²) in [6.07, 6.45) is 3.41. The van der Waals surface area contributed by atoms with Crippen LogP contribution in [0.25, 0.3) is 0 Å². The SMILES string of the molecule is CCN(CC)CCCNC(=O)C(=O)Nn1cnnc1. The maximum absolute atomic E-state index is 11.5. The standard InChI is InChI=1S/C11H20N6O2/c1-3-16(4-2)7-5-6-12-10(18)11(19)15-17-8-13-14-9-17/h8-9H,3-7H2,1-2H3,(H,12,18)(H,15,19). The molecule has 8 nitrogen and oxygen atoms in total. The third-order valence-electron chi connectivity index (χ3n) is 2.69. The summed E-state index contributed by atoms with van der Waals surface area (Å²) < 4.78 is 1.22. The molecule has 0 saturated heterocycles. The Kier molecular flexibility index (Phi) is 6.51. The van der Waals surface area contributed by atoms with Crippen molar-refractivity contribution < 1.29 is 9.59 Å². The Morgan fingerprint density at radius 2 is 1.79 bits per heavy atom. The van der Waals surface area contributed by atoms with Crippen LogP contribution in [0.1, 0.15) is 20.3 Å². The van der Waals surface area contributed by atoms with Crippen molar-refractivity contribution in [1.29, 1.82) is 0 Å². The Morgan fingerprint density at radius 3 is 2.37 bits per heavy atom. The minimum absolute atomic E-state index is 0.477. The van der Waals surface area contributed by atoms with Gasteiger partial charge in [-0.15, -0.1) is 10.2 Å². The van der Waals surface area contributed by atoms with Gasteiger partial charge in [0.2, 0.25) is 0 Å². The Bertz CT molecular complexity index is 388. The summed E-state index contributed by atoms with van der Waals surface area (Å²) in [5.41, 5.74) is 2.32. The molecule has 0 atom stereocenters. The van der Waals surface area contributed by atoms with E-state index >= 15 is 0 Å². The molecule has 0 saturated carbocycles. The van der Waals surface area contributed by atoms with Gasteiger partial charge in [-0.3, -0.25) is 15.0 Å². The zero-order valence-corrected chi connectivity index (χ0v) is 11.3. The van der Waals surface area contributed by atoms with Gasteiger partial charge in [0.15, 0.2) is 0 Å². The number of nitrogens with zero attached hydrogens (tertiary/aromatic N) is 4. The maximum atomic E-state index is 11.5. The van der Waals surface area contributed by atoms with Crippen LogP contribution in [-0.2, 0) is 9.59 Å². The Labute approximate surface area is 112 Å². The molecule has 0 radical (unpaired) electrons. The molecule has 0 aliphatic heterocycles. The predicted molar refractivity (Wildman–Crippen MR) is 69.8 cm³/mol. The van der Waals surface area contributed by atoms with Crippen molar-refractivity contribution in [1.82, 2.24) is 25.1 Å². The second kappa shape index (κ2) is 8.20. The van der Waals surface area contributed by atoms with Gasteiger partial charge in [0.05, 0.1) is 0 Å². The van der Waals surface area contributed by atoms with Crippen LogP contribution in [0.3, 0.4) is 0 Å². The molecule has 8 heteroatoms. The molecule has 1 heterocycles. The van der Waals surface area contributed by atoms with Gasteiger partial charge < -0.3 is 10.2 Å². The molecule has 1 aromatic heterocycles. The van der Waals surface area contributed by atoms with Crippen LogP contribution in [-0.4, -0.2) is 57.8 Å². The predicted octanol–water partition coefficient (Wildman–Crippen LogP) is -0.804. The van der Waals surface area contributed by atoms with E-state index in [1.165, 1.54) is 17.3 Å². The molecule has 0 aliphatic carbocycles. The number of carbonyl (C=O) groups excluding carboxylic acids is 2. The highest BCUT2D eigenvalue weighted by Crippen LogP contribution is 1.89. The molecule has 0 bridgehead atoms. The zero-order valence-electron chi connectivity index (χ0n) is 11.3. The minimum Gasteiger partial charge on any atom is -0.348 e. The van der Waals surface area contributed by atoms with Crippen LogP contribution >= 0.6 is 0 Å². The van der Waals surface area contributed by atoms with Crippen LogP contribution in [0.5, 0.6) is 0 Å². The van der Waals surface area contributed by atoms with E-state index in [0.29, 0.717) is 6.54 Å². The summed E-state index contributed by atoms with van der Waals surface area (Å²) in [4.78, 5) is 25.2. The first-order valence-electron chi connectivity index (χ1n) is 6.33. The highest BCUT2D eigenvalue weighted by atomic mass is 16.2. The lowest BCUT2D eigenvalue weighted by Gasteiger charge is -2.17. The molecule has 19 heavy (non-hydrogen) atoms. The van der Waals surface area contributed by atoms with E-state index in [-0.39, 0.29) is 0 Å². The third kappa shape index (κ3) is 5.47. The van der Waals surface area contributed by atoms with E-state index in [1.54, 1.807) is 0 Å². The molecule has 0 spiro atoms. The van der Waals surface area contributed by atoms with Gasteiger partial charge in [0.1, 0.15) is 12.7 Å². The summed E-state index contributed by atoms with van der Waals surface area (Å²) in [6, 6.07) is 0. The molecule has 0 fully saturated rings. The molecule has 1 rings (SSSR count). The van der Waals surface area contributed by atoms with Gasteiger partial charge in [0, 0.05) is 6.54 Å². The summed E-state index contributed by atoms with van der Waals surface area (Å²) >= 11 is 0. The molecule has 0 aliphatic rings. The van der Waals surface area contributed by atoms with Gasteiger partial charge in [-0.2, -0.15) is 0 Å². The lowest BCUT2D eigenvalue weighted by Crippen LogP contribution is -2.39. The topological polar surface area (TPSA) is 92.2 Å². The first kappa shape index (κ1) is 15.1. The second-order valence-electron chi connectivity index (χ2n) is 3.95. The fourth-order valence-corrected chi connectivity index (χ4v) is 1.55. The van der Waals surface area contributed by atoms with Gasteiger partial charge in [-0.25, -0.2) is 4.68 Å². The number of amides is 2. The van der Waals surface area contributed by atoms with E-state index in [9.17, 15) is 9.59 Å². The molecule has 0 unspecified atom stereocenters. The molecule has 1 aromatic rings. The quantitative estimate of drug-likeness (QED) is 0.499. The fraction of sp³-hybridized carbons (Fsp3) is 0.636. The molecule has 2 N–H and O–H groups in total. The maximum Gasteiger partial charge on any atom is 0.328 e. The highest BCUT2D eigenvalue weighted by molar-refractivity contribution is 6.38. The molecule has 2 amide bonds. The van der Waals surface area contributed by atoms with E-state index in [2.05, 4.69) is 39.7 Å². The molecular formula is C11H20N6O2. The highest BCUT2D eigenvalue weighted by Gasteiger charge is 2.12. The van der Waals surface area contributed by atoms with Crippen molar-refractivity contribution in [2.45, 2.75) is 20.3 Å². The fourth-order valence-electron chi connectivity index (χ4n) is 1.55.